The molecule has 0 aromatic heterocycles. The third kappa shape index (κ3) is 5.92. The summed E-state index contributed by atoms with van der Waals surface area (Å²) < 4.78 is 0. The third-order valence-electron chi connectivity index (χ3n) is 6.12. The number of carbonyl (C=O) groups excluding carboxylic acids is 1. The molecule has 3 aromatic carbocycles. The summed E-state index contributed by atoms with van der Waals surface area (Å²) in [5.41, 5.74) is 3.28. The lowest BCUT2D eigenvalue weighted by atomic mass is 9.94. The van der Waals surface area contributed by atoms with Crippen LogP contribution in [0, 0.1) is 5.92 Å². The monoisotopic (exact) mass is 466 g/mol. The van der Waals surface area contributed by atoms with Crippen molar-refractivity contribution in [3.05, 3.63) is 106 Å². The molecule has 1 heterocycles. The van der Waals surface area contributed by atoms with E-state index in [0.29, 0.717) is 23.1 Å². The van der Waals surface area contributed by atoms with E-state index in [1.165, 1.54) is 0 Å². The Labute approximate surface area is 200 Å². The van der Waals surface area contributed by atoms with Crippen LogP contribution in [0.1, 0.15) is 29.5 Å². The zero-order valence-electron chi connectivity index (χ0n) is 18.1. The highest BCUT2D eigenvalue weighted by atomic mass is 35.5. The number of hydrogen-bond donors (Lipinski definition) is 0. The van der Waals surface area contributed by atoms with E-state index in [9.17, 15) is 4.79 Å². The van der Waals surface area contributed by atoms with Gasteiger partial charge in [0.25, 0.3) is 0 Å². The number of rotatable bonds is 7. The van der Waals surface area contributed by atoms with E-state index in [4.69, 9.17) is 23.2 Å². The van der Waals surface area contributed by atoms with Gasteiger partial charge in [-0.05, 0) is 49.2 Å². The van der Waals surface area contributed by atoms with Crippen LogP contribution in [0.25, 0.3) is 0 Å². The van der Waals surface area contributed by atoms with Crippen LogP contribution in [0.5, 0.6) is 0 Å². The average Bonchev–Trinajstić information content (AvgIpc) is 2.82. The van der Waals surface area contributed by atoms with Gasteiger partial charge in [-0.1, -0.05) is 89.9 Å². The molecule has 5 heteroatoms. The third-order valence-corrected chi connectivity index (χ3v) is 6.83. The molecule has 166 valence electrons. The fourth-order valence-corrected chi connectivity index (χ4v) is 4.84. The molecule has 1 amide bonds. The summed E-state index contributed by atoms with van der Waals surface area (Å²) >= 11 is 12.7. The molecule has 0 radical (unpaired) electrons. The van der Waals surface area contributed by atoms with E-state index >= 15 is 0 Å². The minimum absolute atomic E-state index is 0.0420. The lowest BCUT2D eigenvalue weighted by molar-refractivity contribution is -0.138. The van der Waals surface area contributed by atoms with Gasteiger partial charge in [0, 0.05) is 41.2 Å². The number of likely N-dealkylation sites (tertiary alicyclic amines) is 1. The summed E-state index contributed by atoms with van der Waals surface area (Å²) in [4.78, 5) is 17.9. The molecular formula is C27H28Cl2N2O. The van der Waals surface area contributed by atoms with E-state index in [2.05, 4.69) is 29.2 Å². The van der Waals surface area contributed by atoms with Crippen molar-refractivity contribution in [3.8, 4) is 0 Å². The van der Waals surface area contributed by atoms with Gasteiger partial charge in [-0.15, -0.1) is 0 Å². The lowest BCUT2D eigenvalue weighted by Gasteiger charge is -2.34. The predicted octanol–water partition coefficient (Wildman–Crippen LogP) is 6.43. The van der Waals surface area contributed by atoms with Crippen molar-refractivity contribution in [2.24, 2.45) is 5.92 Å². The zero-order chi connectivity index (χ0) is 22.3. The lowest BCUT2D eigenvalue weighted by Crippen LogP contribution is -2.42. The summed E-state index contributed by atoms with van der Waals surface area (Å²) in [7, 11) is 0. The van der Waals surface area contributed by atoms with Crippen LogP contribution < -0.4 is 0 Å². The standard InChI is InChI=1S/C27H28Cl2N2O/c28-25-12-7-13-26(29)24(25)20-30-16-14-23(15-17-30)27(32)31(18-21-8-3-1-4-9-21)19-22-10-5-2-6-11-22/h1-13,23H,14-20H2. The Morgan fingerprint density at radius 3 is 1.78 bits per heavy atom. The SMILES string of the molecule is O=C(C1CCN(Cc2c(Cl)cccc2Cl)CC1)N(Cc1ccccc1)Cc1ccccc1. The van der Waals surface area contributed by atoms with Crippen molar-refractivity contribution in [1.82, 2.24) is 9.80 Å². The topological polar surface area (TPSA) is 23.6 Å². The minimum Gasteiger partial charge on any atom is -0.334 e. The number of benzene rings is 3. The van der Waals surface area contributed by atoms with E-state index in [1.54, 1.807) is 0 Å². The van der Waals surface area contributed by atoms with Gasteiger partial charge >= 0.3 is 0 Å². The fraction of sp³-hybridized carbons (Fsp3) is 0.296. The second kappa shape index (κ2) is 11.0. The number of halogens is 2. The molecule has 3 aromatic rings. The molecule has 0 unspecified atom stereocenters. The maximum atomic E-state index is 13.5. The molecule has 0 atom stereocenters. The van der Waals surface area contributed by atoms with Gasteiger partial charge in [0.1, 0.15) is 0 Å². The number of hydrogen-bond acceptors (Lipinski definition) is 2. The molecule has 0 bridgehead atoms. The quantitative estimate of drug-likeness (QED) is 0.400. The van der Waals surface area contributed by atoms with Crippen LogP contribution in [0.2, 0.25) is 10.0 Å². The number of piperidine rings is 1. The Morgan fingerprint density at radius 1 is 0.781 bits per heavy atom. The van der Waals surface area contributed by atoms with E-state index in [0.717, 1.165) is 49.2 Å². The van der Waals surface area contributed by atoms with Crippen LogP contribution in [-0.2, 0) is 24.4 Å². The maximum Gasteiger partial charge on any atom is 0.226 e. The van der Waals surface area contributed by atoms with Crippen molar-refractivity contribution in [2.45, 2.75) is 32.5 Å². The van der Waals surface area contributed by atoms with Gasteiger partial charge in [-0.3, -0.25) is 9.69 Å². The first-order valence-corrected chi connectivity index (χ1v) is 11.9. The summed E-state index contributed by atoms with van der Waals surface area (Å²) in [5.74, 6) is 0.286. The molecule has 3 nitrogen and oxygen atoms in total. The highest BCUT2D eigenvalue weighted by Gasteiger charge is 2.29. The Morgan fingerprint density at radius 2 is 1.28 bits per heavy atom. The summed E-state index contributed by atoms with van der Waals surface area (Å²) in [6.45, 7) is 3.70. The van der Waals surface area contributed by atoms with Crippen molar-refractivity contribution in [2.75, 3.05) is 13.1 Å². The van der Waals surface area contributed by atoms with Crippen molar-refractivity contribution >= 4 is 29.1 Å². The largest absolute Gasteiger partial charge is 0.334 e. The normalized spacial score (nSPS) is 14.9. The molecule has 4 rings (SSSR count). The van der Waals surface area contributed by atoms with Crippen molar-refractivity contribution in [3.63, 3.8) is 0 Å². The fourth-order valence-electron chi connectivity index (χ4n) is 4.32. The van der Waals surface area contributed by atoms with E-state index in [1.807, 2.05) is 59.5 Å². The van der Waals surface area contributed by atoms with Gasteiger partial charge in [0.15, 0.2) is 0 Å². The van der Waals surface area contributed by atoms with Crippen LogP contribution in [-0.4, -0.2) is 28.8 Å². The predicted molar refractivity (Wildman–Crippen MR) is 132 cm³/mol. The molecule has 0 saturated carbocycles. The van der Waals surface area contributed by atoms with Gasteiger partial charge in [0.2, 0.25) is 5.91 Å². The molecule has 0 aliphatic carbocycles. The van der Waals surface area contributed by atoms with Gasteiger partial charge in [-0.25, -0.2) is 0 Å². The Balaban J connectivity index is 1.41. The summed E-state index contributed by atoms with van der Waals surface area (Å²) in [6, 6.07) is 26.1. The molecule has 0 N–H and O–H groups in total. The van der Waals surface area contributed by atoms with Gasteiger partial charge in [0.05, 0.1) is 0 Å². The van der Waals surface area contributed by atoms with E-state index < -0.39 is 0 Å². The number of nitrogens with zero attached hydrogens (tertiary/aromatic N) is 2. The molecule has 1 aliphatic heterocycles. The Kier molecular flexibility index (Phi) is 7.85. The Hall–Kier alpha value is -2.33. The summed E-state index contributed by atoms with van der Waals surface area (Å²) in [6.07, 6.45) is 1.70. The average molecular weight is 467 g/mol. The molecular weight excluding hydrogens is 439 g/mol. The summed E-state index contributed by atoms with van der Waals surface area (Å²) in [5, 5.41) is 1.40. The Bertz CT molecular complexity index is 957. The van der Waals surface area contributed by atoms with Crippen molar-refractivity contribution in [1.29, 1.82) is 0 Å². The number of carbonyl (C=O) groups is 1. The van der Waals surface area contributed by atoms with Gasteiger partial charge in [-0.2, -0.15) is 0 Å². The minimum atomic E-state index is 0.0420. The van der Waals surface area contributed by atoms with Gasteiger partial charge < -0.3 is 4.90 Å². The van der Waals surface area contributed by atoms with Crippen LogP contribution >= 0.6 is 23.2 Å². The van der Waals surface area contributed by atoms with Crippen LogP contribution in [0.4, 0.5) is 0 Å². The molecule has 0 spiro atoms. The van der Waals surface area contributed by atoms with Crippen LogP contribution in [0.15, 0.2) is 78.9 Å². The smallest absolute Gasteiger partial charge is 0.226 e. The first kappa shape index (κ1) is 22.8. The molecule has 1 saturated heterocycles. The number of amides is 1. The second-order valence-corrected chi connectivity index (χ2v) is 9.23. The first-order chi connectivity index (χ1) is 15.6. The molecule has 1 fully saturated rings. The maximum absolute atomic E-state index is 13.5. The second-order valence-electron chi connectivity index (χ2n) is 8.42. The van der Waals surface area contributed by atoms with E-state index in [-0.39, 0.29) is 11.8 Å². The first-order valence-electron chi connectivity index (χ1n) is 11.1. The van der Waals surface area contributed by atoms with Crippen molar-refractivity contribution < 1.29 is 4.79 Å². The van der Waals surface area contributed by atoms with Crippen LogP contribution in [0.3, 0.4) is 0 Å². The zero-order valence-corrected chi connectivity index (χ0v) is 19.6. The molecule has 32 heavy (non-hydrogen) atoms. The highest BCUT2D eigenvalue weighted by Crippen LogP contribution is 2.28. The highest BCUT2D eigenvalue weighted by molar-refractivity contribution is 6.35. The molecule has 1 aliphatic rings.